The lowest BCUT2D eigenvalue weighted by atomic mass is 10.1. The van der Waals surface area contributed by atoms with Crippen molar-refractivity contribution in [1.29, 1.82) is 10.5 Å². The summed E-state index contributed by atoms with van der Waals surface area (Å²) in [6.45, 7) is 36.6. The molecule has 0 fully saturated rings. The Hall–Kier alpha value is -3.65. The van der Waals surface area contributed by atoms with Crippen molar-refractivity contribution in [3.8, 4) is 12.1 Å². The standard InChI is InChI=1S/C11H18N2O2.C6H12N2O.C4H5ClO.C4H8NOP.C4H5NO.C3H8.CH2O/c1-9(2)11(14)15-8-10(7-12)5-6-13(3)4;1-7-6(5-9)4-8(2)3;1-3(2)4(5)6;1-7(2,6)4-3-5;1-4(3-6)5-2;1-3-2;1-2/h10H,1,5-6,8H2,2-4H3;6,9H,4-5H2,2-3H3;1H2,2H3;4H2,1-2H3;6H,1,3H2;3H2,1-2H3;1H2. The second-order valence-electron chi connectivity index (χ2n) is 10.5. The Kier molecular flexibility index (Phi) is 54.0. The third kappa shape index (κ3) is 69.2. The highest BCUT2D eigenvalue weighted by Crippen LogP contribution is 2.34. The van der Waals surface area contributed by atoms with E-state index in [1.54, 1.807) is 27.2 Å². The third-order valence-corrected chi connectivity index (χ3v) is 5.19. The molecule has 2 unspecified atom stereocenters. The number of ether oxygens (including phenoxy) is 1. The van der Waals surface area contributed by atoms with Gasteiger partial charge in [0, 0.05) is 11.1 Å². The summed E-state index contributed by atoms with van der Waals surface area (Å²) in [4.78, 5) is 38.8. The number of allylic oxidation sites excluding steroid dienone is 1. The van der Waals surface area contributed by atoms with Crippen LogP contribution in [0.3, 0.4) is 0 Å². The summed E-state index contributed by atoms with van der Waals surface area (Å²) in [6, 6.07) is 3.71. The van der Waals surface area contributed by atoms with Gasteiger partial charge in [-0.25, -0.2) is 16.2 Å². The molecule has 0 radical (unpaired) electrons. The van der Waals surface area contributed by atoms with Crippen LogP contribution in [0.15, 0.2) is 36.6 Å². The van der Waals surface area contributed by atoms with Crippen molar-refractivity contribution < 1.29 is 33.9 Å². The molecule has 0 spiro atoms. The molecule has 15 heteroatoms. The van der Waals surface area contributed by atoms with Crippen LogP contribution in [0.25, 0.3) is 9.69 Å². The molecular formula is C33H58ClN6O7P. The van der Waals surface area contributed by atoms with E-state index in [-0.39, 0.29) is 43.6 Å². The highest BCUT2D eigenvalue weighted by Gasteiger charge is 2.12. The Morgan fingerprint density at radius 2 is 1.44 bits per heavy atom. The fourth-order valence-corrected chi connectivity index (χ4v) is 2.01. The van der Waals surface area contributed by atoms with E-state index in [1.165, 1.54) is 6.42 Å². The van der Waals surface area contributed by atoms with Crippen LogP contribution in [0.4, 0.5) is 0 Å². The minimum atomic E-state index is -2.03. The van der Waals surface area contributed by atoms with Crippen molar-refractivity contribution in [3.63, 3.8) is 0 Å². The van der Waals surface area contributed by atoms with Gasteiger partial charge in [0.1, 0.15) is 20.0 Å². The molecule has 0 aromatic heterocycles. The molecule has 0 rings (SSSR count). The zero-order valence-corrected chi connectivity index (χ0v) is 32.2. The van der Waals surface area contributed by atoms with Crippen LogP contribution in [-0.2, 0) is 23.7 Å². The van der Waals surface area contributed by atoms with E-state index in [9.17, 15) is 14.2 Å². The fraction of sp³-hybridized carbons (Fsp3) is 0.606. The van der Waals surface area contributed by atoms with Crippen LogP contribution in [0.2, 0.25) is 0 Å². The van der Waals surface area contributed by atoms with Gasteiger partial charge < -0.3 is 39.0 Å². The van der Waals surface area contributed by atoms with Crippen LogP contribution in [-0.4, -0.2) is 125 Å². The number of halogens is 1. The van der Waals surface area contributed by atoms with Gasteiger partial charge in [-0.05, 0) is 79.9 Å². The van der Waals surface area contributed by atoms with Crippen LogP contribution < -0.4 is 0 Å². The molecule has 0 saturated carbocycles. The molecule has 0 aromatic carbocycles. The second-order valence-corrected chi connectivity index (χ2v) is 14.3. The first-order valence-corrected chi connectivity index (χ1v) is 17.5. The number of rotatable bonds is 12. The van der Waals surface area contributed by atoms with Crippen LogP contribution in [0, 0.1) is 41.7 Å². The van der Waals surface area contributed by atoms with Crippen LogP contribution in [0.1, 0.15) is 40.5 Å². The van der Waals surface area contributed by atoms with E-state index in [4.69, 9.17) is 55.0 Å². The Morgan fingerprint density at radius 1 is 1.00 bits per heavy atom. The molecule has 0 aromatic rings. The molecule has 0 bridgehead atoms. The van der Waals surface area contributed by atoms with Gasteiger partial charge >= 0.3 is 5.97 Å². The van der Waals surface area contributed by atoms with Gasteiger partial charge in [0.05, 0.1) is 51.1 Å². The molecule has 2 atom stereocenters. The lowest BCUT2D eigenvalue weighted by molar-refractivity contribution is -0.139. The molecule has 0 saturated heterocycles. The first kappa shape index (κ1) is 59.7. The van der Waals surface area contributed by atoms with Crippen molar-refractivity contribution in [2.75, 3.05) is 80.6 Å². The molecule has 0 heterocycles. The lowest BCUT2D eigenvalue weighted by Gasteiger charge is -2.13. The topological polar surface area (TPSA) is 181 Å². The molecule has 48 heavy (non-hydrogen) atoms. The van der Waals surface area contributed by atoms with E-state index in [0.717, 1.165) is 6.54 Å². The van der Waals surface area contributed by atoms with E-state index in [2.05, 4.69) is 49.3 Å². The maximum absolute atomic E-state index is 11.1. The number of esters is 1. The minimum absolute atomic E-state index is 0.0400. The summed E-state index contributed by atoms with van der Waals surface area (Å²) in [5.41, 5.74) is 0.936. The first-order valence-electron chi connectivity index (χ1n) is 14.3. The van der Waals surface area contributed by atoms with E-state index in [0.29, 0.717) is 24.1 Å². The number of aliphatic hydroxyl groups is 2. The Bertz CT molecular complexity index is 1090. The molecule has 0 amide bonds. The number of likely N-dealkylation sites (N-methyl/N-ethyl adjacent to an activating group) is 1. The van der Waals surface area contributed by atoms with Gasteiger partial charge in [0.25, 0.3) is 6.04 Å². The van der Waals surface area contributed by atoms with Crippen molar-refractivity contribution >= 4 is 36.7 Å². The Labute approximate surface area is 295 Å². The van der Waals surface area contributed by atoms with Crippen LogP contribution in [0.5, 0.6) is 0 Å². The van der Waals surface area contributed by atoms with Gasteiger partial charge in [0.15, 0.2) is 5.70 Å². The summed E-state index contributed by atoms with van der Waals surface area (Å²) in [5.74, 6) is -0.671. The van der Waals surface area contributed by atoms with E-state index in [1.807, 2.05) is 50.8 Å². The molecule has 2 N–H and O–H groups in total. The summed E-state index contributed by atoms with van der Waals surface area (Å²) >= 11 is 4.87. The zero-order chi connectivity index (χ0) is 39.9. The predicted octanol–water partition coefficient (Wildman–Crippen LogP) is 5.13. The maximum atomic E-state index is 11.1. The van der Waals surface area contributed by atoms with Gasteiger partial charge in [-0.1, -0.05) is 40.0 Å². The third-order valence-electron chi connectivity index (χ3n) is 3.97. The van der Waals surface area contributed by atoms with Crippen molar-refractivity contribution in [3.05, 3.63) is 59.4 Å². The molecule has 274 valence electrons. The summed E-state index contributed by atoms with van der Waals surface area (Å²) < 4.78 is 15.5. The minimum Gasteiger partial charge on any atom is -0.461 e. The van der Waals surface area contributed by atoms with E-state index < -0.39 is 18.4 Å². The highest BCUT2D eigenvalue weighted by molar-refractivity contribution is 7.62. The molecule has 13 nitrogen and oxygen atoms in total. The molecule has 0 aliphatic heterocycles. The van der Waals surface area contributed by atoms with Crippen molar-refractivity contribution in [2.24, 2.45) is 5.92 Å². The summed E-state index contributed by atoms with van der Waals surface area (Å²) in [7, 11) is 5.62. The number of hydrogen-bond donors (Lipinski definition) is 2. The van der Waals surface area contributed by atoms with Gasteiger partial charge in [-0.15, -0.1) is 0 Å². The SMILES string of the molecule is C=C(C)C(=O)Cl.C=C(C)C(=O)OCC(C#N)CCN(C)C.C=O.CCC.CP(C)(=O)CC#N.[C-]#[N+]C(=C)CO.[C-]#[N+]C(CO)CN(C)C. The Morgan fingerprint density at radius 3 is 1.58 bits per heavy atom. The molecule has 0 aliphatic rings. The maximum Gasteiger partial charge on any atom is 0.333 e. The Balaban J connectivity index is -0.0000000886. The first-order chi connectivity index (χ1) is 22.1. The lowest BCUT2D eigenvalue weighted by Crippen LogP contribution is -2.25. The fourth-order valence-electron chi connectivity index (χ4n) is 1.67. The quantitative estimate of drug-likeness (QED) is 0.0899. The van der Waals surface area contributed by atoms with Crippen LogP contribution >= 0.6 is 18.7 Å². The van der Waals surface area contributed by atoms with Crippen molar-refractivity contribution in [1.82, 2.24) is 9.80 Å². The van der Waals surface area contributed by atoms with Gasteiger partial charge in [0.2, 0.25) is 5.24 Å². The summed E-state index contributed by atoms with van der Waals surface area (Å²) in [6.07, 6.45) is 2.15. The van der Waals surface area contributed by atoms with Crippen molar-refractivity contribution in [2.45, 2.75) is 46.6 Å². The largest absolute Gasteiger partial charge is 0.461 e. The predicted molar refractivity (Wildman–Crippen MR) is 196 cm³/mol. The van der Waals surface area contributed by atoms with Gasteiger partial charge in [-0.2, -0.15) is 10.5 Å². The monoisotopic (exact) mass is 716 g/mol. The number of aliphatic hydroxyl groups excluding tert-OH is 2. The summed E-state index contributed by atoms with van der Waals surface area (Å²) in [5, 5.41) is 32.9. The number of hydrogen-bond acceptors (Lipinski definition) is 11. The number of nitrogens with zero attached hydrogens (tertiary/aromatic N) is 6. The molecule has 0 aliphatic carbocycles. The highest BCUT2D eigenvalue weighted by atomic mass is 35.5. The van der Waals surface area contributed by atoms with E-state index >= 15 is 0 Å². The van der Waals surface area contributed by atoms with Gasteiger partial charge in [-0.3, -0.25) is 4.79 Å². The zero-order valence-electron chi connectivity index (χ0n) is 30.6. The number of carbonyl (C=O) groups is 3. The second kappa shape index (κ2) is 43.4. The molecular weight excluding hydrogens is 659 g/mol. The smallest absolute Gasteiger partial charge is 0.333 e. The number of nitriles is 2. The average molecular weight is 717 g/mol. The number of carbonyl (C=O) groups excluding carboxylic acids is 3. The normalized spacial score (nSPS) is 9.98. The average Bonchev–Trinajstić information content (AvgIpc) is 3.01.